The zero-order chi connectivity index (χ0) is 19.6. The molecule has 0 radical (unpaired) electrons. The van der Waals surface area contributed by atoms with Crippen LogP contribution in [0.3, 0.4) is 0 Å². The standard InChI is InChI=1S/2C13H9.2BrH.Ti/c2*1-3-7-12-10(5-1)9-11-6-2-4-8-13(11)12;;;/h2*1-5,7-8H,9H2;2*1H;/q;;;;+2/p-2. The van der Waals surface area contributed by atoms with Crippen molar-refractivity contribution in [1.82, 2.24) is 0 Å². The van der Waals surface area contributed by atoms with Gasteiger partial charge >= 0.3 is 189 Å². The first kappa shape index (κ1) is 18.3. The van der Waals surface area contributed by atoms with Crippen LogP contribution in [0.5, 0.6) is 0 Å². The van der Waals surface area contributed by atoms with Gasteiger partial charge in [0.15, 0.2) is 0 Å². The normalized spacial score (nSPS) is 13.6. The third kappa shape index (κ3) is 2.73. The maximum atomic E-state index is 4.30. The molecule has 0 saturated carbocycles. The van der Waals surface area contributed by atoms with E-state index in [1.165, 1.54) is 52.2 Å². The predicted octanol–water partition coefficient (Wildman–Crippen LogP) is 6.55. The molecule has 3 heteroatoms. The van der Waals surface area contributed by atoms with Gasteiger partial charge in [-0.15, -0.1) is 0 Å². The van der Waals surface area contributed by atoms with Gasteiger partial charge in [0.1, 0.15) is 0 Å². The molecular formula is C26H18Br2Ti. The molecule has 140 valence electrons. The Morgan fingerprint density at radius 3 is 1.38 bits per heavy atom. The van der Waals surface area contributed by atoms with Crippen LogP contribution in [0.2, 0.25) is 0 Å². The maximum absolute atomic E-state index is 4.30. The van der Waals surface area contributed by atoms with Crippen LogP contribution in [0.1, 0.15) is 22.3 Å². The Morgan fingerprint density at radius 1 is 0.483 bits per heavy atom. The van der Waals surface area contributed by atoms with E-state index in [9.17, 15) is 0 Å². The number of hydrogen-bond donors (Lipinski definition) is 0. The summed E-state index contributed by atoms with van der Waals surface area (Å²) in [5, 5.41) is 0. The Balaban J connectivity index is 1.53. The molecule has 0 aliphatic heterocycles. The van der Waals surface area contributed by atoms with Crippen molar-refractivity contribution in [3.63, 3.8) is 0 Å². The molecule has 0 bridgehead atoms. The second kappa shape index (κ2) is 6.78. The van der Waals surface area contributed by atoms with Gasteiger partial charge in [-0.3, -0.25) is 0 Å². The summed E-state index contributed by atoms with van der Waals surface area (Å²) >= 11 is 5.74. The molecule has 4 aromatic rings. The van der Waals surface area contributed by atoms with Gasteiger partial charge in [0.05, 0.1) is 0 Å². The Kier molecular flexibility index (Phi) is 4.29. The van der Waals surface area contributed by atoms with Crippen molar-refractivity contribution >= 4 is 34.1 Å². The summed E-state index contributed by atoms with van der Waals surface area (Å²) < 4.78 is 2.98. The Morgan fingerprint density at radius 2 is 0.897 bits per heavy atom. The average Bonchev–Trinajstić information content (AvgIpc) is 3.31. The molecule has 0 heterocycles. The van der Waals surface area contributed by atoms with E-state index >= 15 is 0 Å². The monoisotopic (exact) mass is 536 g/mol. The van der Waals surface area contributed by atoms with Gasteiger partial charge in [-0.2, -0.15) is 0 Å². The Bertz CT molecular complexity index is 1190. The zero-order valence-corrected chi connectivity index (χ0v) is 20.5. The molecule has 0 aromatic heterocycles. The first-order valence-electron chi connectivity index (χ1n) is 9.93. The molecule has 4 aromatic carbocycles. The van der Waals surface area contributed by atoms with Crippen molar-refractivity contribution < 1.29 is 12.4 Å². The number of halogens is 2. The van der Waals surface area contributed by atoms with E-state index in [1.807, 2.05) is 0 Å². The molecule has 0 nitrogen and oxygen atoms in total. The van der Waals surface area contributed by atoms with E-state index in [1.54, 1.807) is 0 Å². The van der Waals surface area contributed by atoms with Gasteiger partial charge in [-0.1, -0.05) is 0 Å². The van der Waals surface area contributed by atoms with E-state index in [0.717, 1.165) is 12.8 Å². The fourth-order valence-electron chi connectivity index (χ4n) is 5.05. The second-order valence-corrected chi connectivity index (χ2v) is 25.6. The van der Waals surface area contributed by atoms with Crippen molar-refractivity contribution in [2.75, 3.05) is 0 Å². The van der Waals surface area contributed by atoms with Crippen LogP contribution in [0, 0.1) is 0 Å². The van der Waals surface area contributed by atoms with Crippen LogP contribution in [-0.4, -0.2) is 0 Å². The number of hydrogen-bond acceptors (Lipinski definition) is 0. The molecule has 2 aliphatic carbocycles. The first-order chi connectivity index (χ1) is 14.1. The van der Waals surface area contributed by atoms with Gasteiger partial charge < -0.3 is 0 Å². The van der Waals surface area contributed by atoms with Crippen LogP contribution in [0.15, 0.2) is 84.9 Å². The van der Waals surface area contributed by atoms with Gasteiger partial charge in [0.2, 0.25) is 0 Å². The molecule has 0 atom stereocenters. The quantitative estimate of drug-likeness (QED) is 0.220. The first-order valence-corrected chi connectivity index (χ1v) is 19.2. The molecule has 0 unspecified atom stereocenters. The fourth-order valence-corrected chi connectivity index (χ4v) is 14.5. The number of rotatable bonds is 2. The minimum absolute atomic E-state index is 1.03. The Hall–Kier alpha value is -1.45. The van der Waals surface area contributed by atoms with E-state index < -0.39 is 12.4 Å². The van der Waals surface area contributed by atoms with Crippen molar-refractivity contribution in [2.24, 2.45) is 0 Å². The van der Waals surface area contributed by atoms with Crippen LogP contribution < -0.4 is 7.74 Å². The van der Waals surface area contributed by atoms with Crippen molar-refractivity contribution in [2.45, 2.75) is 12.8 Å². The summed E-state index contributed by atoms with van der Waals surface area (Å²) in [4.78, 5) is 0. The van der Waals surface area contributed by atoms with Crippen LogP contribution in [0.25, 0.3) is 22.3 Å². The molecule has 6 rings (SSSR count). The summed E-state index contributed by atoms with van der Waals surface area (Å²) in [6, 6.07) is 31.4. The van der Waals surface area contributed by atoms with E-state index in [0.29, 0.717) is 0 Å². The van der Waals surface area contributed by atoms with Crippen LogP contribution in [0.4, 0.5) is 0 Å². The van der Waals surface area contributed by atoms with E-state index in [2.05, 4.69) is 111 Å². The predicted molar refractivity (Wildman–Crippen MR) is 126 cm³/mol. The Labute approximate surface area is 187 Å². The van der Waals surface area contributed by atoms with Gasteiger partial charge in [-0.25, -0.2) is 0 Å². The van der Waals surface area contributed by atoms with Crippen LogP contribution >= 0.6 is 26.3 Å². The summed E-state index contributed by atoms with van der Waals surface area (Å²) in [7, 11) is 0. The molecule has 0 amide bonds. The molecule has 29 heavy (non-hydrogen) atoms. The summed E-state index contributed by atoms with van der Waals surface area (Å²) in [6.45, 7) is 0. The molecule has 0 saturated heterocycles. The summed E-state index contributed by atoms with van der Waals surface area (Å²) in [5.74, 6) is 0. The number of fused-ring (bicyclic) bond motifs is 6. The summed E-state index contributed by atoms with van der Waals surface area (Å²) in [5.41, 5.74) is 11.5. The van der Waals surface area contributed by atoms with Crippen molar-refractivity contribution in [3.05, 3.63) is 107 Å². The molecule has 0 spiro atoms. The van der Waals surface area contributed by atoms with Crippen LogP contribution in [-0.2, 0) is 25.2 Å². The topological polar surface area (TPSA) is 0 Å². The third-order valence-corrected chi connectivity index (χ3v) is 17.0. The molecule has 0 fully saturated rings. The fraction of sp³-hybridized carbons (Fsp3) is 0.0769. The number of benzene rings is 4. The summed E-state index contributed by atoms with van der Waals surface area (Å²) in [6.07, 6.45) is 2.06. The van der Waals surface area contributed by atoms with Gasteiger partial charge in [-0.05, 0) is 0 Å². The van der Waals surface area contributed by atoms with Crippen molar-refractivity contribution in [1.29, 1.82) is 0 Å². The van der Waals surface area contributed by atoms with Gasteiger partial charge in [0, 0.05) is 0 Å². The van der Waals surface area contributed by atoms with E-state index in [-0.39, 0.29) is 0 Å². The van der Waals surface area contributed by atoms with E-state index in [4.69, 9.17) is 0 Å². The van der Waals surface area contributed by atoms with Gasteiger partial charge in [0.25, 0.3) is 0 Å². The average molecular weight is 538 g/mol. The minimum atomic E-state index is -2.86. The van der Waals surface area contributed by atoms with Crippen molar-refractivity contribution in [3.8, 4) is 22.3 Å². The zero-order valence-electron chi connectivity index (χ0n) is 15.8. The second-order valence-electron chi connectivity index (χ2n) is 7.91. The molecule has 0 N–H and O–H groups in total. The third-order valence-electron chi connectivity index (χ3n) is 6.38. The molecular weight excluding hydrogens is 520 g/mol. The SMILES string of the molecule is [Br][Ti]([Br])([c]1cccc2c1Cc1ccccc1-2)[c]1cccc2c1Cc1ccccc1-2. The molecule has 2 aliphatic rings.